The molecular weight excluding hydrogens is 322 g/mol. The minimum Gasteiger partial charge on any atom is -0.323 e. The first-order chi connectivity index (χ1) is 12.7. The number of para-hydroxylation sites is 1. The summed E-state index contributed by atoms with van der Waals surface area (Å²) >= 11 is 0. The van der Waals surface area contributed by atoms with E-state index in [1.54, 1.807) is 24.1 Å². The zero-order valence-electron chi connectivity index (χ0n) is 14.5. The van der Waals surface area contributed by atoms with Crippen molar-refractivity contribution in [1.82, 2.24) is 4.90 Å². The van der Waals surface area contributed by atoms with Crippen LogP contribution in [0, 0.1) is 11.3 Å². The minimum absolute atomic E-state index is 0.198. The summed E-state index contributed by atoms with van der Waals surface area (Å²) in [6.45, 7) is 0.425. The summed E-state index contributed by atoms with van der Waals surface area (Å²) in [5, 5.41) is 12.0. The van der Waals surface area contributed by atoms with Gasteiger partial charge in [0.2, 0.25) is 0 Å². The molecule has 0 radical (unpaired) electrons. The Balaban J connectivity index is 1.75. The van der Waals surface area contributed by atoms with Gasteiger partial charge in [0.15, 0.2) is 0 Å². The van der Waals surface area contributed by atoms with E-state index in [0.29, 0.717) is 12.1 Å². The van der Waals surface area contributed by atoms with Crippen molar-refractivity contribution in [2.75, 3.05) is 12.4 Å². The third-order valence-corrected chi connectivity index (χ3v) is 4.08. The monoisotopic (exact) mass is 341 g/mol. The molecule has 0 aliphatic rings. The van der Waals surface area contributed by atoms with E-state index in [-0.39, 0.29) is 6.03 Å². The fraction of sp³-hybridized carbons (Fsp3) is 0.0909. The highest BCUT2D eigenvalue weighted by Gasteiger charge is 2.12. The molecule has 0 saturated carbocycles. The molecule has 3 aromatic carbocycles. The number of nitrogens with zero attached hydrogens (tertiary/aromatic N) is 2. The topological polar surface area (TPSA) is 56.1 Å². The molecule has 0 aromatic heterocycles. The molecule has 4 nitrogen and oxygen atoms in total. The summed E-state index contributed by atoms with van der Waals surface area (Å²) in [5.74, 6) is 0. The summed E-state index contributed by atoms with van der Waals surface area (Å²) in [7, 11) is 1.74. The molecule has 2 amide bonds. The minimum atomic E-state index is -0.198. The quantitative estimate of drug-likeness (QED) is 0.734. The average Bonchev–Trinajstić information content (AvgIpc) is 2.69. The van der Waals surface area contributed by atoms with Gasteiger partial charge < -0.3 is 10.2 Å². The number of nitriles is 1. The van der Waals surface area contributed by atoms with Crippen molar-refractivity contribution >= 4 is 11.7 Å². The van der Waals surface area contributed by atoms with Gasteiger partial charge in [-0.05, 0) is 29.3 Å². The second-order valence-corrected chi connectivity index (χ2v) is 6.01. The summed E-state index contributed by atoms with van der Waals surface area (Å²) in [5.41, 5.74) is 4.29. The summed E-state index contributed by atoms with van der Waals surface area (Å²) in [6, 6.07) is 26.9. The van der Waals surface area contributed by atoms with Crippen molar-refractivity contribution in [2.45, 2.75) is 6.54 Å². The second kappa shape index (κ2) is 8.00. The number of hydrogen-bond donors (Lipinski definition) is 1. The van der Waals surface area contributed by atoms with E-state index in [2.05, 4.69) is 11.4 Å². The summed E-state index contributed by atoms with van der Waals surface area (Å²) in [6.07, 6.45) is 0. The molecule has 4 heteroatoms. The van der Waals surface area contributed by atoms with E-state index in [4.69, 9.17) is 5.26 Å². The number of rotatable bonds is 4. The molecule has 0 bridgehead atoms. The van der Waals surface area contributed by atoms with Gasteiger partial charge >= 0.3 is 6.03 Å². The second-order valence-electron chi connectivity index (χ2n) is 6.01. The zero-order valence-corrected chi connectivity index (χ0v) is 14.5. The molecule has 0 aliphatic carbocycles. The van der Waals surface area contributed by atoms with Gasteiger partial charge in [-0.1, -0.05) is 60.7 Å². The Morgan fingerprint density at radius 1 is 1.00 bits per heavy atom. The van der Waals surface area contributed by atoms with Gasteiger partial charge in [-0.15, -0.1) is 0 Å². The van der Waals surface area contributed by atoms with Crippen LogP contribution in [0.3, 0.4) is 0 Å². The van der Waals surface area contributed by atoms with Crippen LogP contribution in [0.25, 0.3) is 11.1 Å². The Labute approximate surface area is 153 Å². The molecule has 26 heavy (non-hydrogen) atoms. The normalized spacial score (nSPS) is 10.0. The largest absolute Gasteiger partial charge is 0.323 e. The van der Waals surface area contributed by atoms with Crippen LogP contribution in [0.4, 0.5) is 10.5 Å². The molecule has 3 rings (SSSR count). The number of amides is 2. The molecule has 0 saturated heterocycles. The Kier molecular flexibility index (Phi) is 5.31. The van der Waals surface area contributed by atoms with E-state index in [0.717, 1.165) is 22.4 Å². The maximum atomic E-state index is 12.6. The van der Waals surface area contributed by atoms with Crippen LogP contribution in [0.5, 0.6) is 0 Å². The summed E-state index contributed by atoms with van der Waals surface area (Å²) in [4.78, 5) is 14.2. The Morgan fingerprint density at radius 2 is 1.73 bits per heavy atom. The predicted molar refractivity (Wildman–Crippen MR) is 104 cm³/mol. The number of anilines is 1. The summed E-state index contributed by atoms with van der Waals surface area (Å²) < 4.78 is 0. The lowest BCUT2D eigenvalue weighted by molar-refractivity contribution is 0.220. The van der Waals surface area contributed by atoms with Crippen molar-refractivity contribution < 1.29 is 4.79 Å². The van der Waals surface area contributed by atoms with E-state index in [9.17, 15) is 4.79 Å². The van der Waals surface area contributed by atoms with Crippen LogP contribution in [0.15, 0.2) is 78.9 Å². The highest BCUT2D eigenvalue weighted by atomic mass is 16.2. The lowest BCUT2D eigenvalue weighted by atomic mass is 10.0. The molecule has 128 valence electrons. The molecular formula is C22H19N3O. The average molecular weight is 341 g/mol. The van der Waals surface area contributed by atoms with Crippen LogP contribution in [0.1, 0.15) is 11.1 Å². The smallest absolute Gasteiger partial charge is 0.321 e. The number of carbonyl (C=O) groups is 1. The van der Waals surface area contributed by atoms with Gasteiger partial charge in [0.05, 0.1) is 17.3 Å². The first-order valence-electron chi connectivity index (χ1n) is 8.33. The predicted octanol–water partition coefficient (Wildman–Crippen LogP) is 4.89. The van der Waals surface area contributed by atoms with Gasteiger partial charge in [0.1, 0.15) is 0 Å². The first kappa shape index (κ1) is 17.2. The maximum Gasteiger partial charge on any atom is 0.321 e. The number of urea groups is 1. The third-order valence-electron chi connectivity index (χ3n) is 4.08. The Morgan fingerprint density at radius 3 is 2.50 bits per heavy atom. The number of benzene rings is 3. The van der Waals surface area contributed by atoms with E-state index < -0.39 is 0 Å². The lowest BCUT2D eigenvalue weighted by Gasteiger charge is -2.19. The fourth-order valence-electron chi connectivity index (χ4n) is 2.76. The van der Waals surface area contributed by atoms with Gasteiger partial charge in [-0.3, -0.25) is 0 Å². The van der Waals surface area contributed by atoms with Gasteiger partial charge in [0.25, 0.3) is 0 Å². The maximum absolute atomic E-state index is 12.6. The van der Waals surface area contributed by atoms with Crippen LogP contribution in [-0.2, 0) is 6.54 Å². The Bertz CT molecular complexity index is 945. The van der Waals surface area contributed by atoms with Crippen LogP contribution < -0.4 is 5.32 Å². The van der Waals surface area contributed by atoms with Crippen molar-refractivity contribution in [2.24, 2.45) is 0 Å². The molecule has 0 unspecified atom stereocenters. The van der Waals surface area contributed by atoms with Gasteiger partial charge in [-0.25, -0.2) is 4.79 Å². The van der Waals surface area contributed by atoms with Crippen molar-refractivity contribution in [3.63, 3.8) is 0 Å². The van der Waals surface area contributed by atoms with E-state index in [1.165, 1.54) is 0 Å². The fourth-order valence-corrected chi connectivity index (χ4v) is 2.76. The first-order valence-corrected chi connectivity index (χ1v) is 8.33. The highest BCUT2D eigenvalue weighted by Crippen LogP contribution is 2.27. The highest BCUT2D eigenvalue weighted by molar-refractivity contribution is 5.94. The SMILES string of the molecule is CN(Cc1cccc(C#N)c1)C(=O)Nc1ccccc1-c1ccccc1. The molecule has 3 aromatic rings. The molecule has 0 fully saturated rings. The van der Waals surface area contributed by atoms with Crippen molar-refractivity contribution in [1.29, 1.82) is 5.26 Å². The molecule has 0 heterocycles. The van der Waals surface area contributed by atoms with Gasteiger partial charge in [0, 0.05) is 19.2 Å². The van der Waals surface area contributed by atoms with E-state index in [1.807, 2.05) is 66.7 Å². The van der Waals surface area contributed by atoms with Crippen molar-refractivity contribution in [3.8, 4) is 17.2 Å². The standard InChI is InChI=1S/C22H19N3O/c1-25(16-18-9-7-8-17(14-18)15-23)22(26)24-21-13-6-5-12-20(21)19-10-3-2-4-11-19/h2-14H,16H2,1H3,(H,24,26). The molecule has 0 atom stereocenters. The molecule has 0 spiro atoms. The molecule has 0 aliphatic heterocycles. The zero-order chi connectivity index (χ0) is 18.4. The third kappa shape index (κ3) is 4.08. The lowest BCUT2D eigenvalue weighted by Crippen LogP contribution is -2.31. The molecule has 1 N–H and O–H groups in total. The number of carbonyl (C=O) groups excluding carboxylic acids is 1. The van der Waals surface area contributed by atoms with Crippen LogP contribution in [-0.4, -0.2) is 18.0 Å². The van der Waals surface area contributed by atoms with Crippen LogP contribution in [0.2, 0.25) is 0 Å². The number of hydrogen-bond acceptors (Lipinski definition) is 2. The van der Waals surface area contributed by atoms with Crippen LogP contribution >= 0.6 is 0 Å². The van der Waals surface area contributed by atoms with Crippen molar-refractivity contribution in [3.05, 3.63) is 90.0 Å². The van der Waals surface area contributed by atoms with Gasteiger partial charge in [-0.2, -0.15) is 5.26 Å². The van der Waals surface area contributed by atoms with E-state index >= 15 is 0 Å². The Hall–Kier alpha value is -3.58. The number of nitrogens with one attached hydrogen (secondary N) is 1.